The van der Waals surface area contributed by atoms with Crippen LogP contribution in [0.15, 0.2) is 52.8 Å². The molecule has 9 nitrogen and oxygen atoms in total. The van der Waals surface area contributed by atoms with Gasteiger partial charge in [0.25, 0.3) is 5.91 Å². The van der Waals surface area contributed by atoms with Gasteiger partial charge in [0.15, 0.2) is 4.80 Å². The number of amides is 2. The van der Waals surface area contributed by atoms with Crippen LogP contribution in [0, 0.1) is 0 Å². The molecular weight excluding hydrogens is 561 g/mol. The summed E-state index contributed by atoms with van der Waals surface area (Å²) in [5.41, 5.74) is 1.54. The molecule has 13 heteroatoms. The number of alkyl halides is 3. The minimum atomic E-state index is -4.79. The van der Waals surface area contributed by atoms with Gasteiger partial charge in [-0.05, 0) is 68.8 Å². The number of methoxy groups -OCH3 is 2. The van der Waals surface area contributed by atoms with E-state index in [0.717, 1.165) is 0 Å². The Labute approximate surface area is 240 Å². The number of ether oxygens (including phenoxy) is 3. The predicted octanol–water partition coefficient (Wildman–Crippen LogP) is 4.72. The molecule has 1 heterocycles. The minimum Gasteiger partial charge on any atom is -0.497 e. The van der Waals surface area contributed by atoms with Crippen molar-refractivity contribution in [3.63, 3.8) is 0 Å². The van der Waals surface area contributed by atoms with Crippen molar-refractivity contribution in [2.75, 3.05) is 40.4 Å². The summed E-state index contributed by atoms with van der Waals surface area (Å²) < 4.78 is 54.2. The monoisotopic (exact) mass is 594 g/mol. The first-order valence-corrected chi connectivity index (χ1v) is 13.8. The van der Waals surface area contributed by atoms with E-state index in [2.05, 4.69) is 15.0 Å². The second-order valence-electron chi connectivity index (χ2n) is 8.71. The van der Waals surface area contributed by atoms with Gasteiger partial charge in [0.2, 0.25) is 5.91 Å². The standard InChI is InChI=1S/C28H33F3N4O5S/c1-5-34(6-2)25(36)17-32-14-7-15-35-23(19-8-10-20(11-9-19)40-28(29,30)31)18-41-27(35)33-26(37)22-13-12-21(38-3)16-24(22)39-4/h8-13,16,18,32H,5-7,14-15,17H2,1-4H3/b33-27-. The zero-order valence-electron chi connectivity index (χ0n) is 23.3. The number of thiazole rings is 1. The maximum Gasteiger partial charge on any atom is 0.573 e. The van der Waals surface area contributed by atoms with Gasteiger partial charge in [0.1, 0.15) is 17.2 Å². The van der Waals surface area contributed by atoms with E-state index in [0.29, 0.717) is 60.2 Å². The lowest BCUT2D eigenvalue weighted by molar-refractivity contribution is -0.274. The van der Waals surface area contributed by atoms with Crippen LogP contribution in [0.5, 0.6) is 17.2 Å². The fourth-order valence-electron chi connectivity index (χ4n) is 4.06. The Balaban J connectivity index is 1.88. The van der Waals surface area contributed by atoms with Crippen molar-refractivity contribution < 1.29 is 37.0 Å². The number of rotatable bonds is 13. The maximum absolute atomic E-state index is 13.2. The third-order valence-corrected chi connectivity index (χ3v) is 7.01. The molecule has 3 aromatic rings. The summed E-state index contributed by atoms with van der Waals surface area (Å²) in [4.78, 5) is 31.9. The van der Waals surface area contributed by atoms with Gasteiger partial charge in [-0.15, -0.1) is 24.5 Å². The van der Waals surface area contributed by atoms with Gasteiger partial charge >= 0.3 is 6.36 Å². The van der Waals surface area contributed by atoms with Crippen LogP contribution in [0.3, 0.4) is 0 Å². The molecule has 2 amide bonds. The van der Waals surface area contributed by atoms with Crippen LogP contribution in [0.25, 0.3) is 11.3 Å². The van der Waals surface area contributed by atoms with E-state index in [1.54, 1.807) is 28.5 Å². The van der Waals surface area contributed by atoms with Crippen LogP contribution in [-0.2, 0) is 11.3 Å². The zero-order chi connectivity index (χ0) is 30.0. The highest BCUT2D eigenvalue weighted by molar-refractivity contribution is 7.07. The van der Waals surface area contributed by atoms with Gasteiger partial charge in [-0.1, -0.05) is 0 Å². The molecule has 0 aliphatic carbocycles. The van der Waals surface area contributed by atoms with Crippen molar-refractivity contribution in [1.82, 2.24) is 14.8 Å². The lowest BCUT2D eigenvalue weighted by Gasteiger charge is -2.18. The maximum atomic E-state index is 13.2. The second-order valence-corrected chi connectivity index (χ2v) is 9.54. The Morgan fingerprint density at radius 3 is 2.32 bits per heavy atom. The molecule has 0 aliphatic rings. The Morgan fingerprint density at radius 1 is 1.02 bits per heavy atom. The van der Waals surface area contributed by atoms with Crippen molar-refractivity contribution in [2.24, 2.45) is 4.99 Å². The first-order chi connectivity index (χ1) is 19.6. The largest absolute Gasteiger partial charge is 0.573 e. The first kappa shape index (κ1) is 31.7. The molecule has 0 unspecified atom stereocenters. The Kier molecular flexibility index (Phi) is 11.4. The molecule has 1 aromatic heterocycles. The molecular formula is C28H33F3N4O5S. The quantitative estimate of drug-likeness (QED) is 0.288. The molecule has 3 rings (SSSR count). The SMILES string of the molecule is CCN(CC)C(=O)CNCCCn1c(-c2ccc(OC(F)(F)F)cc2)cs/c1=N\C(=O)c1ccc(OC)cc1OC. The van der Waals surface area contributed by atoms with Gasteiger partial charge in [-0.25, -0.2) is 0 Å². The minimum absolute atomic E-state index is 0.00904. The number of hydrogen-bond acceptors (Lipinski definition) is 7. The zero-order valence-corrected chi connectivity index (χ0v) is 24.1. The lowest BCUT2D eigenvalue weighted by Crippen LogP contribution is -2.38. The molecule has 0 spiro atoms. The number of aromatic nitrogens is 1. The van der Waals surface area contributed by atoms with Crippen LogP contribution < -0.4 is 24.3 Å². The summed E-state index contributed by atoms with van der Waals surface area (Å²) in [6.07, 6.45) is -4.20. The molecule has 41 heavy (non-hydrogen) atoms. The molecule has 0 aliphatic heterocycles. The fourth-order valence-corrected chi connectivity index (χ4v) is 4.99. The van der Waals surface area contributed by atoms with Gasteiger partial charge in [0.05, 0.1) is 32.0 Å². The topological polar surface area (TPSA) is 94.4 Å². The van der Waals surface area contributed by atoms with Crippen molar-refractivity contribution in [2.45, 2.75) is 33.2 Å². The Bertz CT molecular complexity index is 1380. The van der Waals surface area contributed by atoms with Crippen LogP contribution in [0.2, 0.25) is 0 Å². The van der Waals surface area contributed by atoms with Crippen molar-refractivity contribution >= 4 is 23.2 Å². The first-order valence-electron chi connectivity index (χ1n) is 12.9. The summed E-state index contributed by atoms with van der Waals surface area (Å²) >= 11 is 1.23. The van der Waals surface area contributed by atoms with E-state index in [1.807, 2.05) is 18.4 Å². The number of nitrogens with zero attached hydrogens (tertiary/aromatic N) is 3. The third kappa shape index (κ3) is 8.82. The lowest BCUT2D eigenvalue weighted by atomic mass is 10.1. The summed E-state index contributed by atoms with van der Waals surface area (Å²) in [6, 6.07) is 10.3. The molecule has 0 fully saturated rings. The number of benzene rings is 2. The van der Waals surface area contributed by atoms with Gasteiger partial charge < -0.3 is 29.0 Å². The molecule has 222 valence electrons. The third-order valence-electron chi connectivity index (χ3n) is 6.15. The highest BCUT2D eigenvalue weighted by atomic mass is 32.1. The molecule has 1 N–H and O–H groups in total. The average molecular weight is 595 g/mol. The number of carbonyl (C=O) groups is 2. The smallest absolute Gasteiger partial charge is 0.497 e. The summed E-state index contributed by atoms with van der Waals surface area (Å²) in [6.45, 7) is 6.27. The number of nitrogens with one attached hydrogen (secondary N) is 1. The van der Waals surface area contributed by atoms with Crippen molar-refractivity contribution in [3.8, 4) is 28.5 Å². The van der Waals surface area contributed by atoms with Crippen LogP contribution in [0.4, 0.5) is 13.2 Å². The van der Waals surface area contributed by atoms with Crippen molar-refractivity contribution in [3.05, 3.63) is 58.2 Å². The van der Waals surface area contributed by atoms with E-state index in [-0.39, 0.29) is 23.8 Å². The Morgan fingerprint density at radius 2 is 1.71 bits per heavy atom. The summed E-state index contributed by atoms with van der Waals surface area (Å²) in [5, 5.41) is 4.93. The molecule has 0 radical (unpaired) electrons. The molecule has 0 atom stereocenters. The van der Waals surface area contributed by atoms with E-state index in [9.17, 15) is 22.8 Å². The van der Waals surface area contributed by atoms with Crippen LogP contribution in [-0.4, -0.2) is 68.0 Å². The summed E-state index contributed by atoms with van der Waals surface area (Å²) in [7, 11) is 2.95. The molecule has 0 saturated carbocycles. The number of hydrogen-bond donors (Lipinski definition) is 1. The highest BCUT2D eigenvalue weighted by Gasteiger charge is 2.31. The Hall–Kier alpha value is -3.84. The van der Waals surface area contributed by atoms with Crippen LogP contribution in [0.1, 0.15) is 30.6 Å². The van der Waals surface area contributed by atoms with E-state index in [1.165, 1.54) is 49.8 Å². The number of halogens is 3. The predicted molar refractivity (Wildman–Crippen MR) is 149 cm³/mol. The fraction of sp³-hybridized carbons (Fsp3) is 0.393. The number of carbonyl (C=O) groups excluding carboxylic acids is 2. The van der Waals surface area contributed by atoms with Gasteiger partial charge in [-0.3, -0.25) is 9.59 Å². The van der Waals surface area contributed by atoms with Crippen molar-refractivity contribution in [1.29, 1.82) is 0 Å². The highest BCUT2D eigenvalue weighted by Crippen LogP contribution is 2.28. The van der Waals surface area contributed by atoms with E-state index in [4.69, 9.17) is 9.47 Å². The second kappa shape index (κ2) is 14.7. The summed E-state index contributed by atoms with van der Waals surface area (Å²) in [5.74, 6) is -0.0179. The molecule has 2 aromatic carbocycles. The van der Waals surface area contributed by atoms with E-state index < -0.39 is 12.3 Å². The average Bonchev–Trinajstić information content (AvgIpc) is 3.34. The number of likely N-dealkylation sites (N-methyl/N-ethyl adjacent to an activating group) is 1. The normalized spacial score (nSPS) is 11.8. The molecule has 0 bridgehead atoms. The van der Waals surface area contributed by atoms with E-state index >= 15 is 0 Å². The van der Waals surface area contributed by atoms with Gasteiger partial charge in [-0.2, -0.15) is 4.99 Å². The van der Waals surface area contributed by atoms with Crippen LogP contribution >= 0.6 is 11.3 Å². The molecule has 0 saturated heterocycles. The van der Waals surface area contributed by atoms with Gasteiger partial charge in [0, 0.05) is 31.1 Å².